The zero-order valence-electron chi connectivity index (χ0n) is 35.9. The number of allylic oxidation sites excluding steroid dienone is 1. The van der Waals surface area contributed by atoms with E-state index in [1.807, 2.05) is 0 Å². The van der Waals surface area contributed by atoms with Crippen LogP contribution in [0, 0.1) is 46.3 Å². The van der Waals surface area contributed by atoms with E-state index >= 15 is 0 Å². The lowest BCUT2D eigenvalue weighted by Crippen LogP contribution is -2.51. The Bertz CT molecular complexity index is 1410. The van der Waals surface area contributed by atoms with Crippen LogP contribution in [-0.4, -0.2) is 92.6 Å². The molecule has 13 heteroatoms. The highest BCUT2D eigenvalue weighted by Gasteiger charge is 2.59. The van der Waals surface area contributed by atoms with Gasteiger partial charge in [-0.3, -0.25) is 19.2 Å². The summed E-state index contributed by atoms with van der Waals surface area (Å²) in [6.07, 6.45) is 15.5. The van der Waals surface area contributed by atoms with Gasteiger partial charge in [0.2, 0.25) is 17.7 Å². The van der Waals surface area contributed by atoms with Crippen LogP contribution in [0.15, 0.2) is 11.6 Å². The fourth-order valence-corrected chi connectivity index (χ4v) is 10.9. The first-order valence-electron chi connectivity index (χ1n) is 21.9. The quantitative estimate of drug-likeness (QED) is 0.0634. The topological polar surface area (TPSA) is 181 Å². The fourth-order valence-electron chi connectivity index (χ4n) is 10.9. The number of ether oxygens (including phenoxy) is 3. The van der Waals surface area contributed by atoms with Crippen LogP contribution < -0.4 is 21.3 Å². The molecule has 0 saturated heterocycles. The van der Waals surface area contributed by atoms with E-state index in [0.717, 1.165) is 54.8 Å². The van der Waals surface area contributed by atoms with E-state index < -0.39 is 36.0 Å². The Balaban J connectivity index is 1.04. The fraction of sp³-hybridized carbons (Fsp3) is 0.841. The number of aliphatic carboxylic acids is 1. The molecule has 0 aliphatic heterocycles. The van der Waals surface area contributed by atoms with Gasteiger partial charge in [0, 0.05) is 32.4 Å². The number of carboxylic acids is 1. The van der Waals surface area contributed by atoms with Crippen molar-refractivity contribution in [3.05, 3.63) is 11.6 Å². The summed E-state index contributed by atoms with van der Waals surface area (Å²) in [6, 6.07) is -2.01. The zero-order valence-corrected chi connectivity index (χ0v) is 35.9. The molecule has 13 nitrogen and oxygen atoms in total. The monoisotopic (exact) mass is 803 g/mol. The lowest BCUT2D eigenvalue weighted by Gasteiger charge is -2.58. The first-order chi connectivity index (χ1) is 27.0. The van der Waals surface area contributed by atoms with Gasteiger partial charge in [-0.2, -0.15) is 0 Å². The molecule has 0 aromatic carbocycles. The number of nitrogens with one attached hydrogen (secondary N) is 4. The smallest absolute Gasteiger partial charge is 0.407 e. The van der Waals surface area contributed by atoms with Gasteiger partial charge < -0.3 is 40.6 Å². The van der Waals surface area contributed by atoms with Gasteiger partial charge in [0.15, 0.2) is 0 Å². The molecular formula is C44H74N4O9. The molecule has 1 unspecified atom stereocenters. The molecule has 5 N–H and O–H groups in total. The van der Waals surface area contributed by atoms with Crippen molar-refractivity contribution in [2.24, 2.45) is 46.3 Å². The number of carboxylic acid groups (broad SMARTS) is 1. The SMILES string of the molecule is CC(C)CCC[C@@H](C)[C@H]1CC[C@H]2[C@@H]3CC=C4CC(OC(=O)NCCOCCOCCNC(=O)CCC(=O)N[C@@H](C)C(=O)N[C@@H](C)C(=O)O)CC[C@]4(C)[C@H]3CC[C@]12C. The molecule has 3 saturated carbocycles. The predicted octanol–water partition coefficient (Wildman–Crippen LogP) is 6.15. The summed E-state index contributed by atoms with van der Waals surface area (Å²) < 4.78 is 17.0. The van der Waals surface area contributed by atoms with E-state index in [2.05, 4.69) is 62.0 Å². The summed E-state index contributed by atoms with van der Waals surface area (Å²) in [7, 11) is 0. The van der Waals surface area contributed by atoms with E-state index in [-0.39, 0.29) is 43.4 Å². The van der Waals surface area contributed by atoms with Crippen molar-refractivity contribution in [1.82, 2.24) is 21.3 Å². The van der Waals surface area contributed by atoms with Crippen LogP contribution >= 0.6 is 0 Å². The molecule has 4 aliphatic carbocycles. The summed E-state index contributed by atoms with van der Waals surface area (Å²) in [5.74, 6) is 2.20. The summed E-state index contributed by atoms with van der Waals surface area (Å²) in [5, 5.41) is 19.1. The number of amides is 4. The summed E-state index contributed by atoms with van der Waals surface area (Å²) in [6.45, 7) is 17.0. The highest BCUT2D eigenvalue weighted by atomic mass is 16.6. The maximum absolute atomic E-state index is 12.7. The first kappa shape index (κ1) is 46.5. The van der Waals surface area contributed by atoms with Crippen LogP contribution in [0.1, 0.15) is 132 Å². The van der Waals surface area contributed by atoms with Gasteiger partial charge in [0.25, 0.3) is 0 Å². The lowest BCUT2D eigenvalue weighted by molar-refractivity contribution is -0.141. The van der Waals surface area contributed by atoms with Crippen molar-refractivity contribution >= 4 is 29.8 Å². The minimum Gasteiger partial charge on any atom is -0.480 e. The highest BCUT2D eigenvalue weighted by molar-refractivity contribution is 5.91. The molecule has 0 spiro atoms. The zero-order chi connectivity index (χ0) is 41.8. The van der Waals surface area contributed by atoms with E-state index in [1.165, 1.54) is 70.8 Å². The van der Waals surface area contributed by atoms with E-state index in [0.29, 0.717) is 31.8 Å². The molecule has 4 amide bonds. The van der Waals surface area contributed by atoms with Crippen LogP contribution in [-0.2, 0) is 33.4 Å². The second-order valence-corrected chi connectivity index (χ2v) is 18.4. The number of hydrogen-bond acceptors (Lipinski definition) is 8. The maximum atomic E-state index is 12.7. The van der Waals surface area contributed by atoms with Gasteiger partial charge in [0.1, 0.15) is 18.2 Å². The predicted molar refractivity (Wildman–Crippen MR) is 218 cm³/mol. The molecule has 0 aromatic heterocycles. The summed E-state index contributed by atoms with van der Waals surface area (Å²) >= 11 is 0. The average molecular weight is 803 g/mol. The van der Waals surface area contributed by atoms with Crippen LogP contribution in [0.4, 0.5) is 4.79 Å². The Kier molecular flexibility index (Phi) is 17.7. The second kappa shape index (κ2) is 21.7. The molecule has 10 atom stereocenters. The summed E-state index contributed by atoms with van der Waals surface area (Å²) in [5.41, 5.74) is 2.22. The number of carbonyl (C=O) groups is 5. The van der Waals surface area contributed by atoms with Crippen molar-refractivity contribution in [2.45, 2.75) is 150 Å². The molecule has 57 heavy (non-hydrogen) atoms. The van der Waals surface area contributed by atoms with Gasteiger partial charge in [-0.15, -0.1) is 0 Å². The highest BCUT2D eigenvalue weighted by Crippen LogP contribution is 2.67. The molecule has 324 valence electrons. The molecule has 0 heterocycles. The van der Waals surface area contributed by atoms with Gasteiger partial charge in [-0.05, 0) is 105 Å². The number of carbonyl (C=O) groups excluding carboxylic acids is 4. The second-order valence-electron chi connectivity index (χ2n) is 18.4. The molecule has 4 aliphatic rings. The molecule has 0 radical (unpaired) electrons. The minimum absolute atomic E-state index is 0.0676. The Morgan fingerprint density at radius 3 is 2.16 bits per heavy atom. The largest absolute Gasteiger partial charge is 0.480 e. The van der Waals surface area contributed by atoms with E-state index in [9.17, 15) is 24.0 Å². The van der Waals surface area contributed by atoms with Crippen LogP contribution in [0.25, 0.3) is 0 Å². The van der Waals surface area contributed by atoms with Crippen molar-refractivity contribution in [2.75, 3.05) is 39.5 Å². The van der Waals surface area contributed by atoms with Gasteiger partial charge in [-0.1, -0.05) is 65.5 Å². The van der Waals surface area contributed by atoms with Crippen molar-refractivity contribution in [3.8, 4) is 0 Å². The summed E-state index contributed by atoms with van der Waals surface area (Å²) in [4.78, 5) is 59.6. The Hall–Kier alpha value is -3.19. The van der Waals surface area contributed by atoms with Gasteiger partial charge in [0.05, 0.1) is 26.4 Å². The van der Waals surface area contributed by atoms with Crippen LogP contribution in [0.5, 0.6) is 0 Å². The van der Waals surface area contributed by atoms with Gasteiger partial charge >= 0.3 is 12.1 Å². The normalized spacial score (nSPS) is 29.4. The first-order valence-corrected chi connectivity index (χ1v) is 21.9. The lowest BCUT2D eigenvalue weighted by atomic mass is 9.47. The van der Waals surface area contributed by atoms with Crippen molar-refractivity contribution in [1.29, 1.82) is 0 Å². The number of hydrogen-bond donors (Lipinski definition) is 5. The Morgan fingerprint density at radius 1 is 0.789 bits per heavy atom. The standard InChI is InChI=1S/C44H74N4O9/c1-28(2)9-8-10-29(3)35-13-14-36-34-12-11-32-27-33(17-19-43(32,6)37(34)18-20-44(35,36)7)57-42(54)46-22-24-56-26-25-55-23-21-45-38(49)15-16-39(50)47-30(4)40(51)48-31(5)41(52)53/h11,28-31,33-37H,8-10,12-27H2,1-7H3,(H,45,49)(H,46,54)(H,47,50)(H,48,51)(H,52,53)/t29-,30+,31+,33?,34+,35-,36+,37+,43+,44-/m1/s1. The van der Waals surface area contributed by atoms with Crippen molar-refractivity contribution < 1.29 is 43.3 Å². The molecular weight excluding hydrogens is 729 g/mol. The number of alkyl carbamates (subject to hydrolysis) is 1. The third-order valence-electron chi connectivity index (χ3n) is 14.1. The maximum Gasteiger partial charge on any atom is 0.407 e. The van der Waals surface area contributed by atoms with E-state index in [1.54, 1.807) is 0 Å². The van der Waals surface area contributed by atoms with Gasteiger partial charge in [-0.25, -0.2) is 4.79 Å². The molecule has 0 bridgehead atoms. The Labute approximate surface area is 341 Å². The van der Waals surface area contributed by atoms with Crippen LogP contribution in [0.3, 0.4) is 0 Å². The third kappa shape index (κ3) is 12.9. The Morgan fingerprint density at radius 2 is 1.47 bits per heavy atom. The van der Waals surface area contributed by atoms with Crippen LogP contribution in [0.2, 0.25) is 0 Å². The molecule has 0 aromatic rings. The third-order valence-corrected chi connectivity index (χ3v) is 14.1. The molecule has 4 rings (SSSR count). The number of rotatable bonds is 22. The van der Waals surface area contributed by atoms with E-state index in [4.69, 9.17) is 19.3 Å². The number of fused-ring (bicyclic) bond motifs is 5. The average Bonchev–Trinajstić information content (AvgIpc) is 3.51. The minimum atomic E-state index is -1.18. The van der Waals surface area contributed by atoms with Crippen molar-refractivity contribution in [3.63, 3.8) is 0 Å². The molecule has 3 fully saturated rings.